The number of hydrogen-bond acceptors (Lipinski definition) is 4. The van der Waals surface area contributed by atoms with Crippen LogP contribution in [0.3, 0.4) is 0 Å². The summed E-state index contributed by atoms with van der Waals surface area (Å²) in [6.07, 6.45) is 0. The largest absolute Gasteiger partial charge is 0.296 e. The van der Waals surface area contributed by atoms with Gasteiger partial charge in [-0.25, -0.2) is 0 Å². The van der Waals surface area contributed by atoms with E-state index in [1.54, 1.807) is 6.07 Å². The number of amides is 1. The van der Waals surface area contributed by atoms with E-state index in [1.807, 2.05) is 30.3 Å². The summed E-state index contributed by atoms with van der Waals surface area (Å²) in [5.74, 6) is 0.285. The highest BCUT2D eigenvalue weighted by molar-refractivity contribution is 9.10. The molecule has 0 saturated heterocycles. The Bertz CT molecular complexity index is 859. The van der Waals surface area contributed by atoms with Gasteiger partial charge in [-0.1, -0.05) is 61.6 Å². The molecule has 6 heteroatoms. The van der Waals surface area contributed by atoms with Crippen molar-refractivity contribution >= 4 is 38.3 Å². The van der Waals surface area contributed by atoms with E-state index in [-0.39, 0.29) is 5.91 Å². The van der Waals surface area contributed by atoms with Gasteiger partial charge < -0.3 is 0 Å². The number of carbonyl (C=O) groups excluding carboxylic acids is 1. The molecule has 0 spiro atoms. The predicted molar refractivity (Wildman–Crippen MR) is 102 cm³/mol. The van der Waals surface area contributed by atoms with Crippen LogP contribution in [-0.4, -0.2) is 16.1 Å². The fourth-order valence-corrected chi connectivity index (χ4v) is 3.42. The van der Waals surface area contributed by atoms with Crippen molar-refractivity contribution in [1.82, 2.24) is 10.2 Å². The molecule has 0 aliphatic rings. The molecule has 1 N–H and O–H groups in total. The Hall–Kier alpha value is -2.05. The minimum absolute atomic E-state index is 0.208. The van der Waals surface area contributed by atoms with Crippen LogP contribution in [0.15, 0.2) is 53.0 Å². The lowest BCUT2D eigenvalue weighted by molar-refractivity contribution is 0.102. The first-order chi connectivity index (χ1) is 11.5. The molecule has 0 aliphatic carbocycles. The molecular formula is C18H16BrN3OS. The predicted octanol–water partition coefficient (Wildman–Crippen LogP) is 5.34. The minimum atomic E-state index is -0.208. The van der Waals surface area contributed by atoms with E-state index in [9.17, 15) is 4.79 Å². The van der Waals surface area contributed by atoms with Crippen LogP contribution in [0.4, 0.5) is 5.13 Å². The lowest BCUT2D eigenvalue weighted by atomic mass is 10.0. The van der Waals surface area contributed by atoms with Gasteiger partial charge in [-0.15, -0.1) is 10.2 Å². The fourth-order valence-electron chi connectivity index (χ4n) is 2.21. The molecule has 3 rings (SSSR count). The average Bonchev–Trinajstić information content (AvgIpc) is 3.03. The molecule has 0 aliphatic heterocycles. The molecular weight excluding hydrogens is 386 g/mol. The molecule has 0 fully saturated rings. The number of nitrogens with one attached hydrogen (secondary N) is 1. The number of benzene rings is 2. The standard InChI is InChI=1S/C18H16BrN3OS/c1-11(2)12-7-9-13(10-8-12)17-21-22-18(24-17)20-16(23)14-5-3-4-6-15(14)19/h3-11H,1-2H3,(H,20,22,23). The highest BCUT2D eigenvalue weighted by atomic mass is 79.9. The second-order valence-corrected chi connectivity index (χ2v) is 7.45. The Morgan fingerprint density at radius 1 is 1.08 bits per heavy atom. The summed E-state index contributed by atoms with van der Waals surface area (Å²) in [6.45, 7) is 4.32. The molecule has 0 saturated carbocycles. The molecule has 0 radical (unpaired) electrons. The monoisotopic (exact) mass is 401 g/mol. The lowest BCUT2D eigenvalue weighted by Crippen LogP contribution is -2.12. The van der Waals surface area contributed by atoms with Crippen molar-refractivity contribution in [1.29, 1.82) is 0 Å². The Morgan fingerprint density at radius 3 is 2.46 bits per heavy atom. The molecule has 0 bridgehead atoms. The number of hydrogen-bond donors (Lipinski definition) is 1. The first kappa shape index (κ1) is 16.8. The van der Waals surface area contributed by atoms with E-state index in [0.29, 0.717) is 16.6 Å². The maximum absolute atomic E-state index is 12.3. The van der Waals surface area contributed by atoms with Gasteiger partial charge in [0.1, 0.15) is 5.01 Å². The minimum Gasteiger partial charge on any atom is -0.296 e. The molecule has 122 valence electrons. The summed E-state index contributed by atoms with van der Waals surface area (Å²) in [6, 6.07) is 15.5. The summed E-state index contributed by atoms with van der Waals surface area (Å²) in [7, 11) is 0. The van der Waals surface area contributed by atoms with E-state index in [1.165, 1.54) is 16.9 Å². The van der Waals surface area contributed by atoms with E-state index >= 15 is 0 Å². The van der Waals surface area contributed by atoms with Gasteiger partial charge in [0.05, 0.1) is 5.56 Å². The van der Waals surface area contributed by atoms with Gasteiger partial charge in [0.15, 0.2) is 0 Å². The molecule has 1 aromatic heterocycles. The number of aromatic nitrogens is 2. The van der Waals surface area contributed by atoms with E-state index in [4.69, 9.17) is 0 Å². The number of halogens is 1. The van der Waals surface area contributed by atoms with Gasteiger partial charge in [0.25, 0.3) is 5.91 Å². The molecule has 4 nitrogen and oxygen atoms in total. The SMILES string of the molecule is CC(C)c1ccc(-c2nnc(NC(=O)c3ccccc3Br)s2)cc1. The van der Waals surface area contributed by atoms with Crippen LogP contribution < -0.4 is 5.32 Å². The van der Waals surface area contributed by atoms with Gasteiger partial charge >= 0.3 is 0 Å². The van der Waals surface area contributed by atoms with Crippen LogP contribution in [0.25, 0.3) is 10.6 Å². The zero-order valence-electron chi connectivity index (χ0n) is 13.3. The molecule has 2 aromatic carbocycles. The van der Waals surface area contributed by atoms with Crippen LogP contribution >= 0.6 is 27.3 Å². The van der Waals surface area contributed by atoms with Crippen molar-refractivity contribution < 1.29 is 4.79 Å². The lowest BCUT2D eigenvalue weighted by Gasteiger charge is -2.05. The summed E-state index contributed by atoms with van der Waals surface area (Å²) in [5.41, 5.74) is 2.85. The quantitative estimate of drug-likeness (QED) is 0.641. The normalized spacial score (nSPS) is 10.8. The number of carbonyl (C=O) groups is 1. The summed E-state index contributed by atoms with van der Waals surface area (Å²) in [4.78, 5) is 12.3. The first-order valence-electron chi connectivity index (χ1n) is 7.54. The van der Waals surface area contributed by atoms with Gasteiger partial charge in [0.2, 0.25) is 5.13 Å². The van der Waals surface area contributed by atoms with E-state index < -0.39 is 0 Å². The van der Waals surface area contributed by atoms with E-state index in [0.717, 1.165) is 15.0 Å². The molecule has 1 heterocycles. The van der Waals surface area contributed by atoms with Crippen molar-refractivity contribution in [2.75, 3.05) is 5.32 Å². The smallest absolute Gasteiger partial charge is 0.258 e. The Kier molecular flexibility index (Phi) is 5.06. The zero-order valence-corrected chi connectivity index (χ0v) is 15.7. The molecule has 3 aromatic rings. The van der Waals surface area contributed by atoms with Crippen molar-refractivity contribution in [2.45, 2.75) is 19.8 Å². The van der Waals surface area contributed by atoms with Crippen molar-refractivity contribution in [3.8, 4) is 10.6 Å². The Labute approximate surface area is 153 Å². The maximum atomic E-state index is 12.3. The molecule has 24 heavy (non-hydrogen) atoms. The second kappa shape index (κ2) is 7.23. The number of nitrogens with zero attached hydrogens (tertiary/aromatic N) is 2. The van der Waals surface area contributed by atoms with Crippen LogP contribution in [0.2, 0.25) is 0 Å². The topological polar surface area (TPSA) is 54.9 Å². The van der Waals surface area contributed by atoms with Crippen molar-refractivity contribution in [3.63, 3.8) is 0 Å². The molecule has 1 amide bonds. The second-order valence-electron chi connectivity index (χ2n) is 5.62. The van der Waals surface area contributed by atoms with Crippen LogP contribution in [0.1, 0.15) is 35.7 Å². The highest BCUT2D eigenvalue weighted by Gasteiger charge is 2.13. The van der Waals surface area contributed by atoms with Gasteiger partial charge in [0, 0.05) is 10.0 Å². The van der Waals surface area contributed by atoms with Crippen LogP contribution in [0, 0.1) is 0 Å². The summed E-state index contributed by atoms with van der Waals surface area (Å²) < 4.78 is 0.747. The Morgan fingerprint density at radius 2 is 1.79 bits per heavy atom. The van der Waals surface area contributed by atoms with Crippen LogP contribution in [0.5, 0.6) is 0 Å². The Balaban J connectivity index is 1.76. The third-order valence-electron chi connectivity index (χ3n) is 3.59. The molecule has 0 unspecified atom stereocenters. The maximum Gasteiger partial charge on any atom is 0.258 e. The van der Waals surface area contributed by atoms with Crippen molar-refractivity contribution in [2.24, 2.45) is 0 Å². The van der Waals surface area contributed by atoms with Crippen LogP contribution in [-0.2, 0) is 0 Å². The van der Waals surface area contributed by atoms with Gasteiger partial charge in [-0.2, -0.15) is 0 Å². The number of rotatable bonds is 4. The number of anilines is 1. The fraction of sp³-hybridized carbons (Fsp3) is 0.167. The van der Waals surface area contributed by atoms with E-state index in [2.05, 4.69) is 57.4 Å². The van der Waals surface area contributed by atoms with Gasteiger partial charge in [-0.3, -0.25) is 10.1 Å². The third-order valence-corrected chi connectivity index (χ3v) is 5.17. The summed E-state index contributed by atoms with van der Waals surface area (Å²) in [5, 5.41) is 12.3. The highest BCUT2D eigenvalue weighted by Crippen LogP contribution is 2.28. The summed E-state index contributed by atoms with van der Waals surface area (Å²) >= 11 is 4.74. The van der Waals surface area contributed by atoms with Crippen molar-refractivity contribution in [3.05, 3.63) is 64.1 Å². The third kappa shape index (κ3) is 3.71. The zero-order chi connectivity index (χ0) is 17.1. The first-order valence-corrected chi connectivity index (χ1v) is 9.15. The molecule has 0 atom stereocenters. The van der Waals surface area contributed by atoms with Gasteiger partial charge in [-0.05, 0) is 39.5 Å². The average molecular weight is 402 g/mol.